The Morgan fingerprint density at radius 2 is 1.87 bits per heavy atom. The van der Waals surface area contributed by atoms with Crippen molar-refractivity contribution in [2.75, 3.05) is 5.73 Å². The number of halogens is 1. The predicted molar refractivity (Wildman–Crippen MR) is 53.5 cm³/mol. The van der Waals surface area contributed by atoms with E-state index in [0.717, 1.165) is 0 Å². The SMILES string of the molecule is Nc1cnc(-c2ccc(O)c(F)c2)nc1. The normalized spacial score (nSPS) is 10.2. The van der Waals surface area contributed by atoms with Crippen LogP contribution in [0.5, 0.6) is 5.75 Å². The molecule has 0 unspecified atom stereocenters. The molecule has 0 aliphatic carbocycles. The van der Waals surface area contributed by atoms with Gasteiger partial charge in [0.1, 0.15) is 0 Å². The molecule has 0 saturated heterocycles. The highest BCUT2D eigenvalue weighted by molar-refractivity contribution is 5.57. The van der Waals surface area contributed by atoms with Crippen LogP contribution >= 0.6 is 0 Å². The minimum Gasteiger partial charge on any atom is -0.505 e. The lowest BCUT2D eigenvalue weighted by atomic mass is 10.2. The van der Waals surface area contributed by atoms with Crippen LogP contribution in [0.1, 0.15) is 0 Å². The molecule has 1 heterocycles. The number of anilines is 1. The number of aromatic nitrogens is 2. The number of rotatable bonds is 1. The standard InChI is InChI=1S/C10H8FN3O/c11-8-3-6(1-2-9(8)15)10-13-4-7(12)5-14-10/h1-5,15H,12H2. The molecule has 1 aromatic heterocycles. The Kier molecular flexibility index (Phi) is 2.21. The summed E-state index contributed by atoms with van der Waals surface area (Å²) in [6.07, 6.45) is 2.88. The lowest BCUT2D eigenvalue weighted by Crippen LogP contribution is -1.92. The number of aromatic hydroxyl groups is 1. The summed E-state index contributed by atoms with van der Waals surface area (Å²) in [7, 11) is 0. The highest BCUT2D eigenvalue weighted by Crippen LogP contribution is 2.22. The van der Waals surface area contributed by atoms with Crippen molar-refractivity contribution in [3.8, 4) is 17.1 Å². The van der Waals surface area contributed by atoms with Crippen molar-refractivity contribution >= 4 is 5.69 Å². The molecule has 0 radical (unpaired) electrons. The van der Waals surface area contributed by atoms with Crippen LogP contribution in [0, 0.1) is 5.82 Å². The molecule has 76 valence electrons. The number of hydrogen-bond donors (Lipinski definition) is 2. The molecular formula is C10H8FN3O. The van der Waals surface area contributed by atoms with Gasteiger partial charge in [-0.25, -0.2) is 14.4 Å². The Morgan fingerprint density at radius 3 is 2.47 bits per heavy atom. The molecular weight excluding hydrogens is 197 g/mol. The summed E-state index contributed by atoms with van der Waals surface area (Å²) >= 11 is 0. The zero-order valence-electron chi connectivity index (χ0n) is 7.68. The van der Waals surface area contributed by atoms with Gasteiger partial charge >= 0.3 is 0 Å². The fraction of sp³-hybridized carbons (Fsp3) is 0. The Hall–Kier alpha value is -2.17. The van der Waals surface area contributed by atoms with Gasteiger partial charge in [0.2, 0.25) is 0 Å². The fourth-order valence-electron chi connectivity index (χ4n) is 1.13. The first-order chi connectivity index (χ1) is 7.16. The summed E-state index contributed by atoms with van der Waals surface area (Å²) in [6, 6.07) is 3.95. The number of nitrogens with zero attached hydrogens (tertiary/aromatic N) is 2. The van der Waals surface area contributed by atoms with Gasteiger partial charge in [0.05, 0.1) is 18.1 Å². The number of nitrogens with two attached hydrogens (primary N) is 1. The Labute approximate surface area is 85.2 Å². The van der Waals surface area contributed by atoms with Gasteiger partial charge in [0.15, 0.2) is 17.4 Å². The van der Waals surface area contributed by atoms with E-state index < -0.39 is 11.6 Å². The summed E-state index contributed by atoms with van der Waals surface area (Å²) in [6.45, 7) is 0. The molecule has 0 spiro atoms. The van der Waals surface area contributed by atoms with E-state index in [-0.39, 0.29) is 0 Å². The van der Waals surface area contributed by atoms with Gasteiger partial charge in [0, 0.05) is 5.56 Å². The average molecular weight is 205 g/mol. The van der Waals surface area contributed by atoms with Gasteiger partial charge in [-0.1, -0.05) is 0 Å². The van der Waals surface area contributed by atoms with Gasteiger partial charge in [0.25, 0.3) is 0 Å². The molecule has 2 aromatic rings. The van der Waals surface area contributed by atoms with E-state index in [1.807, 2.05) is 0 Å². The van der Waals surface area contributed by atoms with Gasteiger partial charge < -0.3 is 10.8 Å². The minimum atomic E-state index is -0.701. The first kappa shape index (κ1) is 9.39. The molecule has 0 aliphatic heterocycles. The lowest BCUT2D eigenvalue weighted by molar-refractivity contribution is 0.432. The highest BCUT2D eigenvalue weighted by Gasteiger charge is 2.05. The molecule has 5 heteroatoms. The number of hydrogen-bond acceptors (Lipinski definition) is 4. The molecule has 2 rings (SSSR count). The molecule has 0 fully saturated rings. The molecule has 0 atom stereocenters. The molecule has 15 heavy (non-hydrogen) atoms. The van der Waals surface area contributed by atoms with Crippen molar-refractivity contribution < 1.29 is 9.50 Å². The van der Waals surface area contributed by atoms with Crippen molar-refractivity contribution in [2.24, 2.45) is 0 Å². The van der Waals surface area contributed by atoms with E-state index in [4.69, 9.17) is 10.8 Å². The smallest absolute Gasteiger partial charge is 0.165 e. The summed E-state index contributed by atoms with van der Waals surface area (Å²) in [4.78, 5) is 7.87. The van der Waals surface area contributed by atoms with Gasteiger partial charge in [-0.15, -0.1) is 0 Å². The molecule has 0 aliphatic rings. The predicted octanol–water partition coefficient (Wildman–Crippen LogP) is 1.57. The first-order valence-corrected chi connectivity index (χ1v) is 4.23. The van der Waals surface area contributed by atoms with Crippen LogP contribution in [0.3, 0.4) is 0 Å². The second kappa shape index (κ2) is 3.53. The summed E-state index contributed by atoms with van der Waals surface area (Å²) in [5.74, 6) is -0.731. The zero-order chi connectivity index (χ0) is 10.8. The molecule has 0 saturated carbocycles. The topological polar surface area (TPSA) is 72.0 Å². The van der Waals surface area contributed by atoms with Crippen LogP contribution < -0.4 is 5.73 Å². The van der Waals surface area contributed by atoms with E-state index in [0.29, 0.717) is 17.1 Å². The monoisotopic (exact) mass is 205 g/mol. The first-order valence-electron chi connectivity index (χ1n) is 4.23. The summed E-state index contributed by atoms with van der Waals surface area (Å²) < 4.78 is 13.0. The third-order valence-electron chi connectivity index (χ3n) is 1.88. The van der Waals surface area contributed by atoms with Crippen molar-refractivity contribution in [1.82, 2.24) is 9.97 Å². The quantitative estimate of drug-likeness (QED) is 0.741. The number of phenols is 1. The largest absolute Gasteiger partial charge is 0.505 e. The fourth-order valence-corrected chi connectivity index (χ4v) is 1.13. The highest BCUT2D eigenvalue weighted by atomic mass is 19.1. The Bertz CT molecular complexity index is 485. The van der Waals surface area contributed by atoms with Gasteiger partial charge in [-0.05, 0) is 18.2 Å². The van der Waals surface area contributed by atoms with Crippen LogP contribution in [0.2, 0.25) is 0 Å². The van der Waals surface area contributed by atoms with Crippen molar-refractivity contribution in [3.63, 3.8) is 0 Å². The minimum absolute atomic E-state index is 0.364. The van der Waals surface area contributed by atoms with E-state index in [1.165, 1.54) is 30.6 Å². The summed E-state index contributed by atoms with van der Waals surface area (Å²) in [5.41, 5.74) is 6.35. The van der Waals surface area contributed by atoms with Crippen LogP contribution in [-0.2, 0) is 0 Å². The maximum absolute atomic E-state index is 13.0. The average Bonchev–Trinajstić information content (AvgIpc) is 2.23. The molecule has 0 bridgehead atoms. The number of phenolic OH excluding ortho intramolecular Hbond substituents is 1. The molecule has 1 aromatic carbocycles. The van der Waals surface area contributed by atoms with Crippen LogP contribution in [0.15, 0.2) is 30.6 Å². The second-order valence-corrected chi connectivity index (χ2v) is 3.01. The van der Waals surface area contributed by atoms with Crippen LogP contribution in [0.25, 0.3) is 11.4 Å². The van der Waals surface area contributed by atoms with E-state index in [9.17, 15) is 4.39 Å². The maximum atomic E-state index is 13.0. The molecule has 3 N–H and O–H groups in total. The third kappa shape index (κ3) is 1.85. The molecule has 4 nitrogen and oxygen atoms in total. The van der Waals surface area contributed by atoms with Crippen molar-refractivity contribution in [1.29, 1.82) is 0 Å². The van der Waals surface area contributed by atoms with Crippen LogP contribution in [0.4, 0.5) is 10.1 Å². The number of benzene rings is 1. The summed E-state index contributed by atoms with van der Waals surface area (Å²) in [5, 5.41) is 9.00. The van der Waals surface area contributed by atoms with Gasteiger partial charge in [-0.3, -0.25) is 0 Å². The second-order valence-electron chi connectivity index (χ2n) is 3.01. The number of nitrogen functional groups attached to an aromatic ring is 1. The Morgan fingerprint density at radius 1 is 1.20 bits per heavy atom. The van der Waals surface area contributed by atoms with E-state index >= 15 is 0 Å². The lowest BCUT2D eigenvalue weighted by Gasteiger charge is -2.01. The van der Waals surface area contributed by atoms with E-state index in [2.05, 4.69) is 9.97 Å². The van der Waals surface area contributed by atoms with Crippen LogP contribution in [-0.4, -0.2) is 15.1 Å². The van der Waals surface area contributed by atoms with Gasteiger partial charge in [-0.2, -0.15) is 0 Å². The third-order valence-corrected chi connectivity index (χ3v) is 1.88. The zero-order valence-corrected chi connectivity index (χ0v) is 7.68. The van der Waals surface area contributed by atoms with E-state index in [1.54, 1.807) is 0 Å². The van der Waals surface area contributed by atoms with Crippen molar-refractivity contribution in [2.45, 2.75) is 0 Å². The Balaban J connectivity index is 2.45. The molecule has 0 amide bonds. The van der Waals surface area contributed by atoms with Crippen molar-refractivity contribution in [3.05, 3.63) is 36.4 Å². The maximum Gasteiger partial charge on any atom is 0.165 e.